The van der Waals surface area contributed by atoms with Crippen LogP contribution in [0.3, 0.4) is 0 Å². The normalized spacial score (nSPS) is 30.8. The molecule has 1 aliphatic heterocycles. The second-order valence-electron chi connectivity index (χ2n) is 3.01. The molecule has 0 spiro atoms. The first kappa shape index (κ1) is 11.6. The number of piperidine rings is 1. The summed E-state index contributed by atoms with van der Waals surface area (Å²) in [5.41, 5.74) is 0. The number of likely N-dealkylation sites (tertiary alicyclic amines) is 1. The van der Waals surface area contributed by atoms with Crippen LogP contribution >= 0.6 is 12.4 Å². The maximum atomic E-state index is 12.9. The minimum absolute atomic E-state index is 0. The third-order valence-corrected chi connectivity index (χ3v) is 2.05. The highest BCUT2D eigenvalue weighted by Gasteiger charge is 2.32. The molecular formula is C7H13ClFNO2. The molecule has 0 aromatic rings. The fourth-order valence-electron chi connectivity index (χ4n) is 1.32. The van der Waals surface area contributed by atoms with Gasteiger partial charge in [0, 0.05) is 13.1 Å². The van der Waals surface area contributed by atoms with Crippen LogP contribution in [-0.4, -0.2) is 42.3 Å². The van der Waals surface area contributed by atoms with Crippen LogP contribution in [-0.2, 0) is 4.79 Å². The molecule has 1 saturated heterocycles. The fourth-order valence-corrected chi connectivity index (χ4v) is 1.32. The zero-order valence-corrected chi connectivity index (χ0v) is 7.68. The van der Waals surface area contributed by atoms with E-state index in [1.807, 2.05) is 11.9 Å². The highest BCUT2D eigenvalue weighted by molar-refractivity contribution is 5.85. The molecule has 0 aromatic heterocycles. The van der Waals surface area contributed by atoms with Gasteiger partial charge in [-0.1, -0.05) is 0 Å². The molecule has 0 aliphatic carbocycles. The number of carboxylic acids is 1. The lowest BCUT2D eigenvalue weighted by atomic mass is 9.97. The molecule has 5 heteroatoms. The van der Waals surface area contributed by atoms with Gasteiger partial charge in [-0.25, -0.2) is 4.39 Å². The smallest absolute Gasteiger partial charge is 0.310 e. The van der Waals surface area contributed by atoms with E-state index in [0.717, 1.165) is 0 Å². The maximum absolute atomic E-state index is 12.9. The SMILES string of the molecule is CN1CCC(F)C(C(=O)O)C1.Cl. The molecule has 1 fully saturated rings. The largest absolute Gasteiger partial charge is 0.481 e. The van der Waals surface area contributed by atoms with Crippen LogP contribution in [0.2, 0.25) is 0 Å². The number of alkyl halides is 1. The van der Waals surface area contributed by atoms with Crippen molar-refractivity contribution in [3.8, 4) is 0 Å². The first-order valence-corrected chi connectivity index (χ1v) is 3.66. The van der Waals surface area contributed by atoms with Crippen LogP contribution in [0.15, 0.2) is 0 Å². The van der Waals surface area contributed by atoms with E-state index in [9.17, 15) is 9.18 Å². The lowest BCUT2D eigenvalue weighted by molar-refractivity contribution is -0.146. The van der Waals surface area contributed by atoms with Crippen LogP contribution in [0.4, 0.5) is 4.39 Å². The van der Waals surface area contributed by atoms with Crippen LogP contribution < -0.4 is 0 Å². The van der Waals surface area contributed by atoms with Gasteiger partial charge in [-0.3, -0.25) is 4.79 Å². The lowest BCUT2D eigenvalue weighted by Gasteiger charge is -2.29. The Hall–Kier alpha value is -0.350. The molecule has 0 amide bonds. The molecule has 1 rings (SSSR count). The quantitative estimate of drug-likeness (QED) is 0.676. The van der Waals surface area contributed by atoms with Gasteiger partial charge in [0.25, 0.3) is 0 Å². The molecule has 12 heavy (non-hydrogen) atoms. The Balaban J connectivity index is 0.00000121. The van der Waals surface area contributed by atoms with E-state index in [4.69, 9.17) is 5.11 Å². The van der Waals surface area contributed by atoms with Crippen molar-refractivity contribution in [2.75, 3.05) is 20.1 Å². The van der Waals surface area contributed by atoms with Crippen LogP contribution in [0.5, 0.6) is 0 Å². The van der Waals surface area contributed by atoms with Crippen molar-refractivity contribution in [3.05, 3.63) is 0 Å². The van der Waals surface area contributed by atoms with Crippen molar-refractivity contribution < 1.29 is 14.3 Å². The monoisotopic (exact) mass is 197 g/mol. The summed E-state index contributed by atoms with van der Waals surface area (Å²) >= 11 is 0. The first-order valence-electron chi connectivity index (χ1n) is 3.66. The lowest BCUT2D eigenvalue weighted by Crippen LogP contribution is -2.42. The zero-order valence-electron chi connectivity index (χ0n) is 6.86. The number of carbonyl (C=O) groups is 1. The average Bonchev–Trinajstić information content (AvgIpc) is 1.94. The van der Waals surface area contributed by atoms with E-state index in [1.54, 1.807) is 0 Å². The van der Waals surface area contributed by atoms with E-state index in [0.29, 0.717) is 19.5 Å². The summed E-state index contributed by atoms with van der Waals surface area (Å²) in [7, 11) is 1.81. The van der Waals surface area contributed by atoms with Crippen molar-refractivity contribution in [2.24, 2.45) is 5.92 Å². The van der Waals surface area contributed by atoms with Gasteiger partial charge in [0.2, 0.25) is 0 Å². The van der Waals surface area contributed by atoms with Gasteiger partial charge in [0.15, 0.2) is 0 Å². The molecule has 1 heterocycles. The summed E-state index contributed by atoms with van der Waals surface area (Å²) in [6.45, 7) is 0.988. The molecule has 1 aliphatic rings. The average molecular weight is 198 g/mol. The van der Waals surface area contributed by atoms with Gasteiger partial charge >= 0.3 is 5.97 Å². The number of rotatable bonds is 1. The number of halogens is 2. The van der Waals surface area contributed by atoms with Crippen molar-refractivity contribution >= 4 is 18.4 Å². The third-order valence-electron chi connectivity index (χ3n) is 2.05. The van der Waals surface area contributed by atoms with Gasteiger partial charge < -0.3 is 10.0 Å². The molecule has 2 unspecified atom stereocenters. The predicted octanol–water partition coefficient (Wildman–Crippen LogP) is 0.783. The van der Waals surface area contributed by atoms with Crippen LogP contribution in [0.25, 0.3) is 0 Å². The zero-order chi connectivity index (χ0) is 8.43. The van der Waals surface area contributed by atoms with E-state index >= 15 is 0 Å². The molecule has 3 nitrogen and oxygen atoms in total. The van der Waals surface area contributed by atoms with Crippen molar-refractivity contribution in [2.45, 2.75) is 12.6 Å². The van der Waals surface area contributed by atoms with E-state index in [1.165, 1.54) is 0 Å². The Morgan fingerprint density at radius 2 is 2.25 bits per heavy atom. The molecule has 1 N–H and O–H groups in total. The fraction of sp³-hybridized carbons (Fsp3) is 0.857. The number of hydrogen-bond acceptors (Lipinski definition) is 2. The Morgan fingerprint density at radius 3 is 2.67 bits per heavy atom. The third kappa shape index (κ3) is 2.60. The Labute approximate surface area is 77.0 Å². The topological polar surface area (TPSA) is 40.5 Å². The van der Waals surface area contributed by atoms with Gasteiger partial charge in [-0.2, -0.15) is 0 Å². The highest BCUT2D eigenvalue weighted by atomic mass is 35.5. The second kappa shape index (κ2) is 4.62. The molecule has 0 bridgehead atoms. The Kier molecular flexibility index (Phi) is 4.49. The summed E-state index contributed by atoms with van der Waals surface area (Å²) in [4.78, 5) is 12.3. The second-order valence-corrected chi connectivity index (χ2v) is 3.01. The van der Waals surface area contributed by atoms with Gasteiger partial charge in [-0.05, 0) is 13.5 Å². The number of aliphatic carboxylic acids is 1. The molecule has 72 valence electrons. The first-order chi connectivity index (χ1) is 5.11. The summed E-state index contributed by atoms with van der Waals surface area (Å²) < 4.78 is 12.9. The van der Waals surface area contributed by atoms with Crippen LogP contribution in [0, 0.1) is 5.92 Å². The van der Waals surface area contributed by atoms with E-state index in [-0.39, 0.29) is 12.4 Å². The summed E-state index contributed by atoms with van der Waals surface area (Å²) in [6.07, 6.45) is -0.822. The number of hydrogen-bond donors (Lipinski definition) is 1. The summed E-state index contributed by atoms with van der Waals surface area (Å²) in [5, 5.41) is 8.56. The Bertz CT molecular complexity index is 167. The van der Waals surface area contributed by atoms with Crippen molar-refractivity contribution in [3.63, 3.8) is 0 Å². The van der Waals surface area contributed by atoms with Crippen LogP contribution in [0.1, 0.15) is 6.42 Å². The van der Waals surface area contributed by atoms with Crippen molar-refractivity contribution in [1.29, 1.82) is 0 Å². The molecule has 0 saturated carbocycles. The highest BCUT2D eigenvalue weighted by Crippen LogP contribution is 2.18. The van der Waals surface area contributed by atoms with E-state index < -0.39 is 18.1 Å². The number of carboxylic acid groups (broad SMARTS) is 1. The van der Waals surface area contributed by atoms with E-state index in [2.05, 4.69) is 0 Å². The van der Waals surface area contributed by atoms with Crippen molar-refractivity contribution in [1.82, 2.24) is 4.90 Å². The van der Waals surface area contributed by atoms with Gasteiger partial charge in [-0.15, -0.1) is 12.4 Å². The predicted molar refractivity (Wildman–Crippen MR) is 45.4 cm³/mol. The Morgan fingerprint density at radius 1 is 1.67 bits per heavy atom. The minimum atomic E-state index is -1.16. The standard InChI is InChI=1S/C7H12FNO2.ClH/c1-9-3-2-6(8)5(4-9)7(10)11;/h5-6H,2-4H2,1H3,(H,10,11);1H. The molecule has 0 aromatic carbocycles. The number of nitrogens with zero attached hydrogens (tertiary/aromatic N) is 1. The molecule has 2 atom stereocenters. The summed E-state index contributed by atoms with van der Waals surface area (Å²) in [6, 6.07) is 0. The maximum Gasteiger partial charge on any atom is 0.310 e. The molecular weight excluding hydrogens is 185 g/mol. The summed E-state index contributed by atoms with van der Waals surface area (Å²) in [5.74, 6) is -1.85. The van der Waals surface area contributed by atoms with Gasteiger partial charge in [0.1, 0.15) is 12.1 Å². The van der Waals surface area contributed by atoms with Gasteiger partial charge in [0.05, 0.1) is 0 Å². The minimum Gasteiger partial charge on any atom is -0.481 e. The molecule has 0 radical (unpaired) electrons.